The van der Waals surface area contributed by atoms with E-state index in [0.717, 1.165) is 28.9 Å². The summed E-state index contributed by atoms with van der Waals surface area (Å²) in [6, 6.07) is 19.9. The van der Waals surface area contributed by atoms with Gasteiger partial charge in [0, 0.05) is 23.4 Å². The molecule has 2 atom stereocenters. The van der Waals surface area contributed by atoms with Gasteiger partial charge in [-0.2, -0.15) is 10.2 Å². The first-order valence-corrected chi connectivity index (χ1v) is 8.47. The number of carbonyl (C=O) groups excluding carboxylic acids is 1. The number of hydrogen-bond acceptors (Lipinski definition) is 3. The normalized spacial score (nSPS) is 18.6. The topological polar surface area (TPSA) is 54.9 Å². The Morgan fingerprint density at radius 1 is 1.08 bits per heavy atom. The maximum absolute atomic E-state index is 12.6. The molecule has 1 N–H and O–H groups in total. The average Bonchev–Trinajstić information content (AvgIpc) is 3.46. The molecular formula is C21H19N3O. The summed E-state index contributed by atoms with van der Waals surface area (Å²) in [4.78, 5) is 12.6. The first-order chi connectivity index (χ1) is 12.2. The highest BCUT2D eigenvalue weighted by atomic mass is 16.2. The summed E-state index contributed by atoms with van der Waals surface area (Å²) in [5, 5.41) is 11.2. The minimum atomic E-state index is 0.0590. The predicted octanol–water partition coefficient (Wildman–Crippen LogP) is 4.19. The van der Waals surface area contributed by atoms with Gasteiger partial charge < -0.3 is 5.32 Å². The molecule has 0 aliphatic heterocycles. The Labute approximate surface area is 146 Å². The standard InChI is InChI=1S/C21H19N3O/c1-14-9-10-16(12-17(14)20-8-5-11-22-24-20)23-21(25)19-13-18(19)15-6-3-2-4-7-15/h2-12,18-19H,13H2,1H3,(H,23,25)/t18-,19-/m1/s1. The highest BCUT2D eigenvalue weighted by Crippen LogP contribution is 2.47. The molecule has 2 aromatic carbocycles. The van der Waals surface area contributed by atoms with E-state index < -0.39 is 0 Å². The van der Waals surface area contributed by atoms with Gasteiger partial charge in [-0.15, -0.1) is 0 Å². The fraction of sp³-hybridized carbons (Fsp3) is 0.190. The molecule has 4 nitrogen and oxygen atoms in total. The molecular weight excluding hydrogens is 310 g/mol. The van der Waals surface area contributed by atoms with Gasteiger partial charge in [0.05, 0.1) is 5.69 Å². The van der Waals surface area contributed by atoms with Crippen molar-refractivity contribution in [1.29, 1.82) is 0 Å². The molecule has 0 bridgehead atoms. The molecule has 1 saturated carbocycles. The Kier molecular flexibility index (Phi) is 4.02. The van der Waals surface area contributed by atoms with Crippen molar-refractivity contribution >= 4 is 11.6 Å². The number of hydrogen-bond donors (Lipinski definition) is 1. The minimum absolute atomic E-state index is 0.0590. The van der Waals surface area contributed by atoms with Gasteiger partial charge in [0.1, 0.15) is 0 Å². The number of benzene rings is 2. The van der Waals surface area contributed by atoms with Crippen LogP contribution in [0, 0.1) is 12.8 Å². The van der Waals surface area contributed by atoms with E-state index in [1.165, 1.54) is 5.56 Å². The number of nitrogens with one attached hydrogen (secondary N) is 1. The second-order valence-corrected chi connectivity index (χ2v) is 6.49. The van der Waals surface area contributed by atoms with Crippen LogP contribution >= 0.6 is 0 Å². The highest BCUT2D eigenvalue weighted by molar-refractivity contribution is 5.95. The summed E-state index contributed by atoms with van der Waals surface area (Å²) in [7, 11) is 0. The second-order valence-electron chi connectivity index (χ2n) is 6.49. The van der Waals surface area contributed by atoms with E-state index in [1.807, 2.05) is 55.5 Å². The number of amides is 1. The first kappa shape index (κ1) is 15.5. The monoisotopic (exact) mass is 329 g/mol. The fourth-order valence-corrected chi connectivity index (χ4v) is 3.21. The van der Waals surface area contributed by atoms with Gasteiger partial charge in [0.15, 0.2) is 0 Å². The summed E-state index contributed by atoms with van der Waals surface area (Å²) >= 11 is 0. The zero-order chi connectivity index (χ0) is 17.2. The molecule has 1 aromatic heterocycles. The summed E-state index contributed by atoms with van der Waals surface area (Å²) in [5.41, 5.74) is 4.94. The zero-order valence-electron chi connectivity index (χ0n) is 14.0. The molecule has 124 valence electrons. The Balaban J connectivity index is 1.49. The van der Waals surface area contributed by atoms with E-state index >= 15 is 0 Å². The molecule has 0 saturated heterocycles. The number of nitrogens with zero attached hydrogens (tertiary/aromatic N) is 2. The molecule has 1 amide bonds. The molecule has 1 fully saturated rings. The van der Waals surface area contributed by atoms with E-state index in [2.05, 4.69) is 27.6 Å². The Morgan fingerprint density at radius 3 is 2.68 bits per heavy atom. The highest BCUT2D eigenvalue weighted by Gasteiger charge is 2.43. The second kappa shape index (κ2) is 6.48. The number of aromatic nitrogens is 2. The van der Waals surface area contributed by atoms with Crippen LogP contribution in [0.5, 0.6) is 0 Å². The number of anilines is 1. The molecule has 25 heavy (non-hydrogen) atoms. The van der Waals surface area contributed by atoms with Gasteiger partial charge >= 0.3 is 0 Å². The Bertz CT molecular complexity index is 894. The lowest BCUT2D eigenvalue weighted by Gasteiger charge is -2.10. The van der Waals surface area contributed by atoms with Gasteiger partial charge in [-0.1, -0.05) is 36.4 Å². The van der Waals surface area contributed by atoms with Gasteiger partial charge in [0.2, 0.25) is 5.91 Å². The fourth-order valence-electron chi connectivity index (χ4n) is 3.21. The molecule has 0 unspecified atom stereocenters. The maximum Gasteiger partial charge on any atom is 0.228 e. The first-order valence-electron chi connectivity index (χ1n) is 8.47. The van der Waals surface area contributed by atoms with Crippen LogP contribution in [0.3, 0.4) is 0 Å². The largest absolute Gasteiger partial charge is 0.326 e. The van der Waals surface area contributed by atoms with Crippen LogP contribution < -0.4 is 5.32 Å². The number of carbonyl (C=O) groups is 1. The minimum Gasteiger partial charge on any atom is -0.326 e. The molecule has 4 rings (SSSR count). The molecule has 1 aliphatic rings. The SMILES string of the molecule is Cc1ccc(NC(=O)[C@@H]2C[C@@H]2c2ccccc2)cc1-c1cccnn1. The molecule has 0 radical (unpaired) electrons. The lowest BCUT2D eigenvalue weighted by molar-refractivity contribution is -0.117. The quantitative estimate of drug-likeness (QED) is 0.780. The summed E-state index contributed by atoms with van der Waals surface area (Å²) in [6.45, 7) is 2.03. The summed E-state index contributed by atoms with van der Waals surface area (Å²) in [5.74, 6) is 0.484. The number of rotatable bonds is 4. The summed E-state index contributed by atoms with van der Waals surface area (Å²) in [6.07, 6.45) is 2.57. The van der Waals surface area contributed by atoms with Gasteiger partial charge in [-0.05, 0) is 54.7 Å². The van der Waals surface area contributed by atoms with Gasteiger partial charge in [-0.25, -0.2) is 0 Å². The smallest absolute Gasteiger partial charge is 0.228 e. The third-order valence-corrected chi connectivity index (χ3v) is 4.71. The third-order valence-electron chi connectivity index (χ3n) is 4.71. The van der Waals surface area contributed by atoms with Crippen molar-refractivity contribution in [3.63, 3.8) is 0 Å². The van der Waals surface area contributed by atoms with E-state index in [4.69, 9.17) is 0 Å². The van der Waals surface area contributed by atoms with Crippen LogP contribution in [0.1, 0.15) is 23.5 Å². The maximum atomic E-state index is 12.6. The Hall–Kier alpha value is -3.01. The predicted molar refractivity (Wildman–Crippen MR) is 98.1 cm³/mol. The molecule has 0 spiro atoms. The van der Waals surface area contributed by atoms with Crippen LogP contribution in [-0.2, 0) is 4.79 Å². The third kappa shape index (κ3) is 3.29. The van der Waals surface area contributed by atoms with Crippen LogP contribution in [0.2, 0.25) is 0 Å². The van der Waals surface area contributed by atoms with Crippen molar-refractivity contribution in [2.24, 2.45) is 5.92 Å². The zero-order valence-corrected chi connectivity index (χ0v) is 14.0. The van der Waals surface area contributed by atoms with E-state index in [0.29, 0.717) is 5.92 Å². The summed E-state index contributed by atoms with van der Waals surface area (Å²) < 4.78 is 0. The van der Waals surface area contributed by atoms with Crippen molar-refractivity contribution in [3.05, 3.63) is 78.0 Å². The van der Waals surface area contributed by atoms with Crippen LogP contribution in [0.15, 0.2) is 66.9 Å². The number of aryl methyl sites for hydroxylation is 1. The lowest BCUT2D eigenvalue weighted by Crippen LogP contribution is -2.14. The molecule has 1 aliphatic carbocycles. The van der Waals surface area contributed by atoms with Crippen molar-refractivity contribution in [1.82, 2.24) is 10.2 Å². The lowest BCUT2D eigenvalue weighted by atomic mass is 10.0. The molecule has 4 heteroatoms. The van der Waals surface area contributed by atoms with E-state index in [9.17, 15) is 4.79 Å². The van der Waals surface area contributed by atoms with Crippen LogP contribution in [0.4, 0.5) is 5.69 Å². The average molecular weight is 329 g/mol. The van der Waals surface area contributed by atoms with Crippen LogP contribution in [0.25, 0.3) is 11.3 Å². The van der Waals surface area contributed by atoms with Gasteiger partial charge in [0.25, 0.3) is 0 Å². The van der Waals surface area contributed by atoms with Crippen molar-refractivity contribution in [2.45, 2.75) is 19.3 Å². The van der Waals surface area contributed by atoms with Crippen molar-refractivity contribution < 1.29 is 4.79 Å². The molecule has 3 aromatic rings. The van der Waals surface area contributed by atoms with E-state index in [1.54, 1.807) is 6.20 Å². The van der Waals surface area contributed by atoms with Gasteiger partial charge in [-0.3, -0.25) is 4.79 Å². The van der Waals surface area contributed by atoms with Crippen molar-refractivity contribution in [2.75, 3.05) is 5.32 Å². The Morgan fingerprint density at radius 2 is 1.92 bits per heavy atom. The van der Waals surface area contributed by atoms with E-state index in [-0.39, 0.29) is 11.8 Å². The molecule has 1 heterocycles. The van der Waals surface area contributed by atoms with Crippen LogP contribution in [-0.4, -0.2) is 16.1 Å². The van der Waals surface area contributed by atoms with Crippen molar-refractivity contribution in [3.8, 4) is 11.3 Å².